The molecule has 5 heterocycles. The van der Waals surface area contributed by atoms with E-state index >= 15 is 0 Å². The number of furan rings is 1. The molecule has 0 atom stereocenters. The Kier molecular flexibility index (Phi) is 4.68. The van der Waals surface area contributed by atoms with Crippen molar-refractivity contribution in [1.82, 2.24) is 34.8 Å². The molecular weight excluding hydrogens is 418 g/mol. The summed E-state index contributed by atoms with van der Waals surface area (Å²) in [4.78, 5) is 18.3. The second kappa shape index (κ2) is 7.97. The van der Waals surface area contributed by atoms with Gasteiger partial charge in [0, 0.05) is 38.1 Å². The normalized spacial score (nSPS) is 14.2. The van der Waals surface area contributed by atoms with E-state index in [1.807, 2.05) is 25.1 Å². The summed E-state index contributed by atoms with van der Waals surface area (Å²) < 4.78 is 7.07. The predicted molar refractivity (Wildman–Crippen MR) is 123 cm³/mol. The van der Waals surface area contributed by atoms with Gasteiger partial charge >= 0.3 is 0 Å². The summed E-state index contributed by atoms with van der Waals surface area (Å²) in [5.41, 5.74) is 3.38. The van der Waals surface area contributed by atoms with Gasteiger partial charge in [0.2, 0.25) is 11.8 Å². The van der Waals surface area contributed by atoms with E-state index in [0.29, 0.717) is 34.7 Å². The summed E-state index contributed by atoms with van der Waals surface area (Å²) >= 11 is 0. The Hall–Kier alpha value is -4.34. The first-order valence-corrected chi connectivity index (χ1v) is 10.8. The van der Waals surface area contributed by atoms with Gasteiger partial charge in [-0.2, -0.15) is 9.50 Å². The maximum atomic E-state index is 5.41. The minimum atomic E-state index is 0.411. The second-order valence-corrected chi connectivity index (χ2v) is 7.81. The van der Waals surface area contributed by atoms with E-state index in [1.165, 1.54) is 5.69 Å². The van der Waals surface area contributed by atoms with Gasteiger partial charge in [-0.1, -0.05) is 18.2 Å². The molecule has 164 valence electrons. The van der Waals surface area contributed by atoms with Crippen LogP contribution in [0.1, 0.15) is 5.69 Å². The lowest BCUT2D eigenvalue weighted by molar-refractivity contribution is 0.577. The van der Waals surface area contributed by atoms with Crippen molar-refractivity contribution in [2.45, 2.75) is 6.92 Å². The molecular formula is C23H21N9O. The zero-order chi connectivity index (χ0) is 22.2. The van der Waals surface area contributed by atoms with Crippen LogP contribution in [-0.4, -0.2) is 60.9 Å². The quantitative estimate of drug-likeness (QED) is 0.418. The van der Waals surface area contributed by atoms with Crippen molar-refractivity contribution in [3.8, 4) is 23.0 Å². The zero-order valence-electron chi connectivity index (χ0n) is 18.0. The van der Waals surface area contributed by atoms with Crippen molar-refractivity contribution in [3.05, 3.63) is 66.7 Å². The number of aryl methyl sites for hydroxylation is 1. The standard InChI is InChI=1S/C23H21N9O/c1-16-20(27-28-23-26-21(29-32(16)23)19-8-5-15-33-19)18-9-10-24-22(25-18)31-13-11-30(12-14-31)17-6-3-2-4-7-17/h2-10,15H,11-14H2,1H3. The Balaban J connectivity index is 1.26. The monoisotopic (exact) mass is 439 g/mol. The molecule has 33 heavy (non-hydrogen) atoms. The van der Waals surface area contributed by atoms with Crippen LogP contribution in [0.2, 0.25) is 0 Å². The number of para-hydroxylation sites is 1. The van der Waals surface area contributed by atoms with Crippen molar-refractivity contribution in [3.63, 3.8) is 0 Å². The highest BCUT2D eigenvalue weighted by Crippen LogP contribution is 2.23. The summed E-state index contributed by atoms with van der Waals surface area (Å²) in [6, 6.07) is 15.9. The molecule has 5 aromatic rings. The van der Waals surface area contributed by atoms with Crippen LogP contribution in [0, 0.1) is 6.92 Å². The van der Waals surface area contributed by atoms with Crippen LogP contribution in [0.3, 0.4) is 0 Å². The largest absolute Gasteiger partial charge is 0.461 e. The molecule has 0 saturated carbocycles. The maximum absolute atomic E-state index is 5.41. The molecule has 1 aliphatic rings. The fraction of sp³-hybridized carbons (Fsp3) is 0.217. The Morgan fingerprint density at radius 3 is 2.45 bits per heavy atom. The number of nitrogens with zero attached hydrogens (tertiary/aromatic N) is 9. The number of rotatable bonds is 4. The second-order valence-electron chi connectivity index (χ2n) is 7.81. The van der Waals surface area contributed by atoms with Crippen LogP contribution in [0.4, 0.5) is 11.6 Å². The van der Waals surface area contributed by atoms with E-state index in [0.717, 1.165) is 31.9 Å². The molecule has 4 aromatic heterocycles. The molecule has 0 radical (unpaired) electrons. The molecule has 10 heteroatoms. The van der Waals surface area contributed by atoms with Crippen molar-refractivity contribution >= 4 is 17.4 Å². The topological polar surface area (TPSA) is 101 Å². The van der Waals surface area contributed by atoms with Gasteiger partial charge in [-0.3, -0.25) is 0 Å². The van der Waals surface area contributed by atoms with Gasteiger partial charge in [0.25, 0.3) is 5.78 Å². The van der Waals surface area contributed by atoms with Crippen LogP contribution in [-0.2, 0) is 0 Å². The number of anilines is 2. The van der Waals surface area contributed by atoms with E-state index in [4.69, 9.17) is 9.40 Å². The summed E-state index contributed by atoms with van der Waals surface area (Å²) in [5.74, 6) is 2.15. The lowest BCUT2D eigenvalue weighted by atomic mass is 10.2. The van der Waals surface area contributed by atoms with Crippen LogP contribution >= 0.6 is 0 Å². The number of fused-ring (bicyclic) bond motifs is 1. The highest BCUT2D eigenvalue weighted by molar-refractivity contribution is 5.60. The van der Waals surface area contributed by atoms with Crippen LogP contribution in [0.25, 0.3) is 28.8 Å². The van der Waals surface area contributed by atoms with Crippen molar-refractivity contribution in [1.29, 1.82) is 0 Å². The average molecular weight is 439 g/mol. The minimum Gasteiger partial charge on any atom is -0.461 e. The summed E-state index contributed by atoms with van der Waals surface area (Å²) in [6.07, 6.45) is 3.36. The van der Waals surface area contributed by atoms with E-state index in [2.05, 4.69) is 59.3 Å². The summed E-state index contributed by atoms with van der Waals surface area (Å²) in [7, 11) is 0. The number of piperazine rings is 1. The molecule has 6 rings (SSSR count). The van der Waals surface area contributed by atoms with E-state index in [1.54, 1.807) is 23.0 Å². The zero-order valence-corrected chi connectivity index (χ0v) is 18.0. The van der Waals surface area contributed by atoms with Gasteiger partial charge in [-0.25, -0.2) is 9.97 Å². The third-order valence-electron chi connectivity index (χ3n) is 5.80. The van der Waals surface area contributed by atoms with Crippen LogP contribution in [0.5, 0.6) is 0 Å². The first kappa shape index (κ1) is 19.4. The van der Waals surface area contributed by atoms with Crippen LogP contribution in [0.15, 0.2) is 65.4 Å². The van der Waals surface area contributed by atoms with Gasteiger partial charge in [-0.05, 0) is 37.3 Å². The SMILES string of the molecule is Cc1c(-c2ccnc(N3CCN(c4ccccc4)CC3)n2)nnc2nc(-c3ccco3)nn12. The van der Waals surface area contributed by atoms with Gasteiger partial charge < -0.3 is 14.2 Å². The molecule has 0 N–H and O–H groups in total. The average Bonchev–Trinajstić information content (AvgIpc) is 3.56. The molecule has 0 bridgehead atoms. The Morgan fingerprint density at radius 2 is 1.67 bits per heavy atom. The van der Waals surface area contributed by atoms with Crippen molar-refractivity contribution in [2.24, 2.45) is 0 Å². The highest BCUT2D eigenvalue weighted by Gasteiger charge is 2.21. The summed E-state index contributed by atoms with van der Waals surface area (Å²) in [6.45, 7) is 5.45. The smallest absolute Gasteiger partial charge is 0.272 e. The molecule has 1 aromatic carbocycles. The predicted octanol–water partition coefficient (Wildman–Crippen LogP) is 2.87. The summed E-state index contributed by atoms with van der Waals surface area (Å²) in [5, 5.41) is 13.2. The fourth-order valence-corrected chi connectivity index (χ4v) is 4.04. The number of hydrogen-bond donors (Lipinski definition) is 0. The third kappa shape index (κ3) is 3.55. The van der Waals surface area contributed by atoms with Gasteiger partial charge in [-0.15, -0.1) is 15.3 Å². The van der Waals surface area contributed by atoms with Gasteiger partial charge in [0.1, 0.15) is 5.69 Å². The molecule has 0 unspecified atom stereocenters. The van der Waals surface area contributed by atoms with E-state index < -0.39 is 0 Å². The maximum Gasteiger partial charge on any atom is 0.272 e. The van der Waals surface area contributed by atoms with Crippen LogP contribution < -0.4 is 9.80 Å². The number of aromatic nitrogens is 7. The van der Waals surface area contributed by atoms with Crippen molar-refractivity contribution < 1.29 is 4.42 Å². The third-order valence-corrected chi connectivity index (χ3v) is 5.80. The minimum absolute atomic E-state index is 0.411. The first-order chi connectivity index (χ1) is 16.3. The molecule has 0 spiro atoms. The fourth-order valence-electron chi connectivity index (χ4n) is 4.04. The Morgan fingerprint density at radius 1 is 0.848 bits per heavy atom. The van der Waals surface area contributed by atoms with Gasteiger partial charge in [0.15, 0.2) is 5.76 Å². The lowest BCUT2D eigenvalue weighted by Crippen LogP contribution is -2.47. The molecule has 10 nitrogen and oxygen atoms in total. The molecule has 0 aliphatic carbocycles. The lowest BCUT2D eigenvalue weighted by Gasteiger charge is -2.36. The molecule has 1 fully saturated rings. The Bertz CT molecular complexity index is 1390. The number of hydrogen-bond acceptors (Lipinski definition) is 9. The van der Waals surface area contributed by atoms with E-state index in [9.17, 15) is 0 Å². The molecule has 0 amide bonds. The molecule has 1 aliphatic heterocycles. The first-order valence-electron chi connectivity index (χ1n) is 10.8. The highest BCUT2D eigenvalue weighted by atomic mass is 16.3. The van der Waals surface area contributed by atoms with Crippen molar-refractivity contribution in [2.75, 3.05) is 36.0 Å². The van der Waals surface area contributed by atoms with E-state index in [-0.39, 0.29) is 0 Å². The molecule has 1 saturated heterocycles. The van der Waals surface area contributed by atoms with Gasteiger partial charge in [0.05, 0.1) is 17.7 Å². The Labute approximate surface area is 189 Å². The number of benzene rings is 1.